The van der Waals surface area contributed by atoms with Crippen LogP contribution in [0.1, 0.15) is 25.3 Å². The average molecular weight is 592 g/mol. The Morgan fingerprint density at radius 3 is 2.59 bits per heavy atom. The second-order valence-corrected chi connectivity index (χ2v) is 8.88. The zero-order chi connectivity index (χ0) is 25.3. The first-order chi connectivity index (χ1) is 16.3. The van der Waals surface area contributed by atoms with Gasteiger partial charge in [-0.25, -0.2) is 0 Å². The fourth-order valence-electron chi connectivity index (χ4n) is 3.76. The fraction of sp³-hybridized carbons (Fsp3) is 0.565. The number of methoxy groups -OCH3 is 2. The van der Waals surface area contributed by atoms with Crippen molar-refractivity contribution in [3.8, 4) is 11.5 Å². The first-order valence-electron chi connectivity index (χ1n) is 11.0. The molecule has 2 rings (SSSR count). The van der Waals surface area contributed by atoms with E-state index >= 15 is 0 Å². The Hall–Kier alpha value is -1.93. The molecule has 1 aromatic rings. The van der Waals surface area contributed by atoms with Gasteiger partial charge in [-0.1, -0.05) is 6.92 Å². The van der Waals surface area contributed by atoms with Crippen molar-refractivity contribution < 1.29 is 39.1 Å². The number of carbonyl (C=O) groups excluding carboxylic acids is 2. The van der Waals surface area contributed by atoms with Crippen molar-refractivity contribution in [1.29, 1.82) is 0 Å². The summed E-state index contributed by atoms with van der Waals surface area (Å²) in [5.74, 6) is 0.122. The maximum Gasteiger partial charge on any atom is 0.247 e. The highest BCUT2D eigenvalue weighted by Crippen LogP contribution is 2.37. The summed E-state index contributed by atoms with van der Waals surface area (Å²) in [6, 6.07) is 2.64. The Morgan fingerprint density at radius 1 is 1.26 bits per heavy atom. The number of hydrogen-bond acceptors (Lipinski definition) is 8. The molecule has 0 spiro atoms. The van der Waals surface area contributed by atoms with Crippen LogP contribution in [0.15, 0.2) is 23.8 Å². The van der Waals surface area contributed by atoms with Crippen LogP contribution in [-0.2, 0) is 20.9 Å². The molecule has 2 amide bonds. The van der Waals surface area contributed by atoms with Crippen molar-refractivity contribution in [2.45, 2.75) is 44.6 Å². The highest BCUT2D eigenvalue weighted by atomic mass is 127. The summed E-state index contributed by atoms with van der Waals surface area (Å²) < 4.78 is 17.4. The van der Waals surface area contributed by atoms with Gasteiger partial charge in [0.1, 0.15) is 12.2 Å². The van der Waals surface area contributed by atoms with E-state index in [1.165, 1.54) is 25.2 Å². The molecule has 34 heavy (non-hydrogen) atoms. The van der Waals surface area contributed by atoms with Gasteiger partial charge in [0, 0.05) is 38.6 Å². The number of aliphatic hydroxyl groups is 3. The van der Waals surface area contributed by atoms with Gasteiger partial charge in [0.25, 0.3) is 0 Å². The number of aliphatic hydroxyl groups excluding tert-OH is 3. The third-order valence-electron chi connectivity index (χ3n) is 5.50. The van der Waals surface area contributed by atoms with Gasteiger partial charge >= 0.3 is 0 Å². The van der Waals surface area contributed by atoms with Crippen molar-refractivity contribution in [1.82, 2.24) is 10.2 Å². The summed E-state index contributed by atoms with van der Waals surface area (Å²) in [5, 5.41) is 32.5. The van der Waals surface area contributed by atoms with E-state index in [4.69, 9.17) is 19.3 Å². The van der Waals surface area contributed by atoms with Crippen molar-refractivity contribution >= 4 is 34.4 Å². The van der Waals surface area contributed by atoms with E-state index in [9.17, 15) is 19.8 Å². The molecular formula is C23H33IN2O8. The Labute approximate surface area is 213 Å². The minimum Gasteiger partial charge on any atom is -0.493 e. The number of carbonyl (C=O) groups is 2. The molecule has 0 aliphatic heterocycles. The van der Waals surface area contributed by atoms with E-state index in [0.29, 0.717) is 26.2 Å². The summed E-state index contributed by atoms with van der Waals surface area (Å²) in [4.78, 5) is 27.0. The molecule has 11 heteroatoms. The number of halogens is 1. The van der Waals surface area contributed by atoms with Crippen LogP contribution in [0.4, 0.5) is 0 Å². The second-order valence-electron chi connectivity index (χ2n) is 7.72. The molecule has 0 heterocycles. The first kappa shape index (κ1) is 28.3. The summed E-state index contributed by atoms with van der Waals surface area (Å²) in [5.41, 5.74) is 0.968. The topological polar surface area (TPSA) is 138 Å². The third-order valence-corrected chi connectivity index (χ3v) is 6.30. The lowest BCUT2D eigenvalue weighted by Gasteiger charge is -2.40. The van der Waals surface area contributed by atoms with Crippen LogP contribution in [0.2, 0.25) is 0 Å². The standard InChI is InChI=1S/C23H33IN2O8/c1-4-20(29)26(6-8-32-2)17-11-15(23(31)25-5-7-27)12-18(21(17)30)34-22-16(24)9-14(13-28)10-19(22)33-3/h9-10,12,17-18,21,27-28,30H,4-8,11,13H2,1-3H3,(H,25,31)/t17-,18+,21+/m1/s1. The fourth-order valence-corrected chi connectivity index (χ4v) is 4.56. The molecule has 1 aliphatic carbocycles. The first-order valence-corrected chi connectivity index (χ1v) is 12.1. The summed E-state index contributed by atoms with van der Waals surface area (Å²) in [6.45, 7) is 1.92. The largest absolute Gasteiger partial charge is 0.493 e. The lowest BCUT2D eigenvalue weighted by atomic mass is 9.88. The SMILES string of the molecule is CCC(=O)N(CCOC)[C@@H]1CC(C(=O)NCCO)=C[C@H](Oc2c(I)cc(CO)cc2OC)[C@H]1O. The van der Waals surface area contributed by atoms with Gasteiger partial charge in [-0.05, 0) is 46.4 Å². The number of nitrogens with one attached hydrogen (secondary N) is 1. The minimum atomic E-state index is -1.14. The van der Waals surface area contributed by atoms with E-state index in [1.807, 2.05) is 22.6 Å². The molecule has 0 saturated carbocycles. The summed E-state index contributed by atoms with van der Waals surface area (Å²) in [7, 11) is 2.99. The van der Waals surface area contributed by atoms with Crippen LogP contribution in [0.25, 0.3) is 0 Å². The van der Waals surface area contributed by atoms with Crippen LogP contribution in [0.3, 0.4) is 0 Å². The Morgan fingerprint density at radius 2 is 2.00 bits per heavy atom. The zero-order valence-corrected chi connectivity index (χ0v) is 21.8. The van der Waals surface area contributed by atoms with Crippen LogP contribution in [-0.4, -0.2) is 90.8 Å². The van der Waals surface area contributed by atoms with Gasteiger partial charge in [-0.15, -0.1) is 0 Å². The van der Waals surface area contributed by atoms with Gasteiger partial charge < -0.3 is 39.7 Å². The molecule has 0 radical (unpaired) electrons. The quantitative estimate of drug-likeness (QED) is 0.259. The molecule has 10 nitrogen and oxygen atoms in total. The van der Waals surface area contributed by atoms with Crippen LogP contribution in [0.5, 0.6) is 11.5 Å². The number of hydrogen-bond donors (Lipinski definition) is 4. The number of nitrogens with zero attached hydrogens (tertiary/aromatic N) is 1. The minimum absolute atomic E-state index is 0.0739. The smallest absolute Gasteiger partial charge is 0.247 e. The predicted molar refractivity (Wildman–Crippen MR) is 133 cm³/mol. The summed E-state index contributed by atoms with van der Waals surface area (Å²) in [6.07, 6.45) is -0.229. The Bertz CT molecular complexity index is 879. The van der Waals surface area contributed by atoms with Gasteiger partial charge in [-0.3, -0.25) is 9.59 Å². The third kappa shape index (κ3) is 7.04. The molecule has 0 aromatic heterocycles. The van der Waals surface area contributed by atoms with Crippen LogP contribution < -0.4 is 14.8 Å². The molecule has 1 aromatic carbocycles. The molecule has 0 unspecified atom stereocenters. The van der Waals surface area contributed by atoms with E-state index < -0.39 is 24.2 Å². The highest BCUT2D eigenvalue weighted by Gasteiger charge is 2.40. The summed E-state index contributed by atoms with van der Waals surface area (Å²) >= 11 is 2.05. The van der Waals surface area contributed by atoms with Crippen molar-refractivity contribution in [2.24, 2.45) is 0 Å². The Balaban J connectivity index is 2.47. The van der Waals surface area contributed by atoms with Crippen molar-refractivity contribution in [3.05, 3.63) is 32.9 Å². The van der Waals surface area contributed by atoms with Crippen LogP contribution >= 0.6 is 22.6 Å². The van der Waals surface area contributed by atoms with Gasteiger partial charge in [0.15, 0.2) is 11.5 Å². The normalized spacial score (nSPS) is 19.9. The van der Waals surface area contributed by atoms with Crippen molar-refractivity contribution in [2.75, 3.05) is 40.5 Å². The molecule has 0 saturated heterocycles. The van der Waals surface area contributed by atoms with Crippen LogP contribution in [0, 0.1) is 3.57 Å². The van der Waals surface area contributed by atoms with E-state index in [-0.39, 0.29) is 51.7 Å². The molecule has 4 N–H and O–H groups in total. The number of benzene rings is 1. The van der Waals surface area contributed by atoms with Gasteiger partial charge in [0.2, 0.25) is 11.8 Å². The maximum atomic E-state index is 12.7. The van der Waals surface area contributed by atoms with Gasteiger partial charge in [0.05, 0.1) is 36.5 Å². The second kappa shape index (κ2) is 13.8. The lowest BCUT2D eigenvalue weighted by molar-refractivity contribution is -0.139. The molecular weight excluding hydrogens is 559 g/mol. The molecule has 3 atom stereocenters. The van der Waals surface area contributed by atoms with E-state index in [2.05, 4.69) is 5.32 Å². The number of rotatable bonds is 12. The van der Waals surface area contributed by atoms with E-state index in [0.717, 1.165) is 0 Å². The average Bonchev–Trinajstić information content (AvgIpc) is 2.84. The molecule has 0 fully saturated rings. The molecule has 1 aliphatic rings. The van der Waals surface area contributed by atoms with Gasteiger partial charge in [-0.2, -0.15) is 0 Å². The predicted octanol–water partition coefficient (Wildman–Crippen LogP) is 0.593. The van der Waals surface area contributed by atoms with E-state index in [1.54, 1.807) is 19.1 Å². The zero-order valence-electron chi connectivity index (χ0n) is 19.6. The number of ether oxygens (including phenoxy) is 3. The highest BCUT2D eigenvalue weighted by molar-refractivity contribution is 14.1. The van der Waals surface area contributed by atoms with Crippen molar-refractivity contribution in [3.63, 3.8) is 0 Å². The monoisotopic (exact) mass is 592 g/mol. The maximum absolute atomic E-state index is 12.7. The Kier molecular flexibility index (Phi) is 11.5. The number of amides is 2. The molecule has 190 valence electrons. The lowest BCUT2D eigenvalue weighted by Crippen LogP contribution is -2.55. The molecule has 0 bridgehead atoms.